The summed E-state index contributed by atoms with van der Waals surface area (Å²) in [6, 6.07) is 7.19. The minimum Gasteiger partial charge on any atom is -0.435 e. The van der Waals surface area contributed by atoms with E-state index in [1.807, 2.05) is 0 Å². The van der Waals surface area contributed by atoms with Gasteiger partial charge in [-0.3, -0.25) is 0 Å². The summed E-state index contributed by atoms with van der Waals surface area (Å²) in [7, 11) is 0. The smallest absolute Gasteiger partial charge is 0.387 e. The fourth-order valence-electron chi connectivity index (χ4n) is 2.23. The molecule has 1 aromatic rings. The van der Waals surface area contributed by atoms with Crippen LogP contribution in [0.1, 0.15) is 25.3 Å². The van der Waals surface area contributed by atoms with E-state index < -0.39 is 6.61 Å². The molecule has 5 heteroatoms. The van der Waals surface area contributed by atoms with Crippen LogP contribution in [0.3, 0.4) is 0 Å². The molecule has 1 aromatic carbocycles. The van der Waals surface area contributed by atoms with Gasteiger partial charge in [-0.25, -0.2) is 0 Å². The lowest BCUT2D eigenvalue weighted by Crippen LogP contribution is -2.37. The first-order valence-corrected chi connectivity index (χ1v) is 6.52. The molecular formula is C14H19F2NO2. The Hall–Kier alpha value is -1.20. The lowest BCUT2D eigenvalue weighted by molar-refractivity contribution is -0.0498. The summed E-state index contributed by atoms with van der Waals surface area (Å²) in [5.41, 5.74) is 1.06. The van der Waals surface area contributed by atoms with Gasteiger partial charge in [-0.15, -0.1) is 0 Å². The second kappa shape index (κ2) is 6.82. The van der Waals surface area contributed by atoms with Gasteiger partial charge in [0, 0.05) is 19.2 Å². The van der Waals surface area contributed by atoms with Crippen LogP contribution in [0.15, 0.2) is 24.3 Å². The van der Waals surface area contributed by atoms with Crippen LogP contribution < -0.4 is 10.1 Å². The number of ether oxygens (including phenoxy) is 2. The Bertz CT molecular complexity index is 384. The molecule has 1 saturated heterocycles. The van der Waals surface area contributed by atoms with Crippen molar-refractivity contribution in [2.75, 3.05) is 6.61 Å². The van der Waals surface area contributed by atoms with Crippen molar-refractivity contribution in [2.24, 2.45) is 0 Å². The molecule has 1 heterocycles. The van der Waals surface area contributed by atoms with Crippen molar-refractivity contribution in [2.45, 2.75) is 45.1 Å². The molecule has 0 aliphatic carbocycles. The average molecular weight is 271 g/mol. The quantitative estimate of drug-likeness (QED) is 0.893. The topological polar surface area (TPSA) is 30.5 Å². The number of alkyl halides is 2. The lowest BCUT2D eigenvalue weighted by atomic mass is 10.0. The van der Waals surface area contributed by atoms with Crippen LogP contribution in [0.4, 0.5) is 8.78 Å². The van der Waals surface area contributed by atoms with Gasteiger partial charge in [-0.1, -0.05) is 12.1 Å². The number of hydrogen-bond donors (Lipinski definition) is 1. The van der Waals surface area contributed by atoms with Gasteiger partial charge in [0.15, 0.2) is 0 Å². The molecular weight excluding hydrogens is 252 g/mol. The summed E-state index contributed by atoms with van der Waals surface area (Å²) in [5.74, 6) is 0.193. The first-order valence-electron chi connectivity index (χ1n) is 6.52. The van der Waals surface area contributed by atoms with Crippen LogP contribution in [0.2, 0.25) is 0 Å². The first kappa shape index (κ1) is 14.2. The van der Waals surface area contributed by atoms with E-state index in [0.717, 1.165) is 31.6 Å². The zero-order chi connectivity index (χ0) is 13.7. The van der Waals surface area contributed by atoms with E-state index in [1.165, 1.54) is 0 Å². The molecule has 2 rings (SSSR count). The van der Waals surface area contributed by atoms with E-state index in [0.29, 0.717) is 12.1 Å². The SMILES string of the molecule is CC1CC(NCc2ccc(OC(F)F)cc2)CCO1. The van der Waals surface area contributed by atoms with E-state index in [9.17, 15) is 8.78 Å². The van der Waals surface area contributed by atoms with Gasteiger partial charge in [0.1, 0.15) is 5.75 Å². The summed E-state index contributed by atoms with van der Waals surface area (Å²) in [6.07, 6.45) is 2.32. The standard InChI is InChI=1S/C14H19F2NO2/c1-10-8-12(6-7-18-10)17-9-11-2-4-13(5-3-11)19-14(15)16/h2-5,10,12,14,17H,6-9H2,1H3. The summed E-state index contributed by atoms with van der Waals surface area (Å²) >= 11 is 0. The maximum atomic E-state index is 12.0. The molecule has 106 valence electrons. The molecule has 0 saturated carbocycles. The van der Waals surface area contributed by atoms with Crippen molar-refractivity contribution in [1.82, 2.24) is 5.32 Å². The maximum absolute atomic E-state index is 12.0. The molecule has 19 heavy (non-hydrogen) atoms. The molecule has 0 spiro atoms. The van der Waals surface area contributed by atoms with Gasteiger partial charge < -0.3 is 14.8 Å². The van der Waals surface area contributed by atoms with Gasteiger partial charge in [0.25, 0.3) is 0 Å². The molecule has 0 radical (unpaired) electrons. The Morgan fingerprint density at radius 3 is 2.74 bits per heavy atom. The molecule has 0 bridgehead atoms. The van der Waals surface area contributed by atoms with Crippen LogP contribution in [-0.2, 0) is 11.3 Å². The highest BCUT2D eigenvalue weighted by atomic mass is 19.3. The van der Waals surface area contributed by atoms with Gasteiger partial charge >= 0.3 is 6.61 Å². The molecule has 1 N–H and O–H groups in total. The van der Waals surface area contributed by atoms with Crippen molar-refractivity contribution in [1.29, 1.82) is 0 Å². The highest BCUT2D eigenvalue weighted by Crippen LogP contribution is 2.16. The predicted molar refractivity (Wildman–Crippen MR) is 68.3 cm³/mol. The molecule has 2 atom stereocenters. The fraction of sp³-hybridized carbons (Fsp3) is 0.571. The summed E-state index contributed by atoms with van der Waals surface area (Å²) in [4.78, 5) is 0. The molecule has 2 unspecified atom stereocenters. The fourth-order valence-corrected chi connectivity index (χ4v) is 2.23. The summed E-state index contributed by atoms with van der Waals surface area (Å²) in [6.45, 7) is 0.823. The van der Waals surface area contributed by atoms with E-state index in [1.54, 1.807) is 24.3 Å². The van der Waals surface area contributed by atoms with E-state index in [-0.39, 0.29) is 5.75 Å². The largest absolute Gasteiger partial charge is 0.435 e. The Balaban J connectivity index is 1.79. The van der Waals surface area contributed by atoms with Crippen molar-refractivity contribution in [3.05, 3.63) is 29.8 Å². The minimum atomic E-state index is -2.77. The highest BCUT2D eigenvalue weighted by molar-refractivity contribution is 5.27. The number of hydrogen-bond acceptors (Lipinski definition) is 3. The second-order valence-electron chi connectivity index (χ2n) is 4.81. The highest BCUT2D eigenvalue weighted by Gasteiger charge is 2.18. The third kappa shape index (κ3) is 4.76. The Labute approximate surface area is 111 Å². The van der Waals surface area contributed by atoms with Crippen LogP contribution in [0, 0.1) is 0 Å². The molecule has 1 fully saturated rings. The van der Waals surface area contributed by atoms with Gasteiger partial charge in [-0.2, -0.15) is 8.78 Å². The number of benzene rings is 1. The van der Waals surface area contributed by atoms with E-state index in [4.69, 9.17) is 4.74 Å². The Morgan fingerprint density at radius 1 is 1.37 bits per heavy atom. The summed E-state index contributed by atoms with van der Waals surface area (Å²) in [5, 5.41) is 3.46. The van der Waals surface area contributed by atoms with Crippen molar-refractivity contribution in [3.63, 3.8) is 0 Å². The number of nitrogens with one attached hydrogen (secondary N) is 1. The Kier molecular flexibility index (Phi) is 5.10. The van der Waals surface area contributed by atoms with Gasteiger partial charge in [0.2, 0.25) is 0 Å². The average Bonchev–Trinajstić information content (AvgIpc) is 2.37. The van der Waals surface area contributed by atoms with Crippen molar-refractivity contribution in [3.8, 4) is 5.75 Å². The lowest BCUT2D eigenvalue weighted by Gasteiger charge is -2.28. The molecule has 3 nitrogen and oxygen atoms in total. The van der Waals surface area contributed by atoms with Crippen molar-refractivity contribution >= 4 is 0 Å². The number of rotatable bonds is 5. The normalized spacial score (nSPS) is 23.6. The summed E-state index contributed by atoms with van der Waals surface area (Å²) < 4.78 is 33.8. The van der Waals surface area contributed by atoms with Crippen molar-refractivity contribution < 1.29 is 18.3 Å². The number of halogens is 2. The Morgan fingerprint density at radius 2 is 2.11 bits per heavy atom. The second-order valence-corrected chi connectivity index (χ2v) is 4.81. The maximum Gasteiger partial charge on any atom is 0.387 e. The zero-order valence-corrected chi connectivity index (χ0v) is 10.9. The van der Waals surface area contributed by atoms with Crippen LogP contribution >= 0.6 is 0 Å². The van der Waals surface area contributed by atoms with E-state index in [2.05, 4.69) is 17.0 Å². The molecule has 1 aliphatic heterocycles. The minimum absolute atomic E-state index is 0.193. The third-order valence-electron chi connectivity index (χ3n) is 3.23. The monoisotopic (exact) mass is 271 g/mol. The van der Waals surface area contributed by atoms with Crippen LogP contribution in [0.5, 0.6) is 5.75 Å². The molecule has 1 aliphatic rings. The first-order chi connectivity index (χ1) is 9.13. The molecule has 0 aromatic heterocycles. The predicted octanol–water partition coefficient (Wildman–Crippen LogP) is 2.95. The molecule has 0 amide bonds. The third-order valence-corrected chi connectivity index (χ3v) is 3.23. The van der Waals surface area contributed by atoms with Crippen LogP contribution in [-0.4, -0.2) is 25.4 Å². The van der Waals surface area contributed by atoms with Gasteiger partial charge in [0.05, 0.1) is 6.10 Å². The zero-order valence-electron chi connectivity index (χ0n) is 10.9. The van der Waals surface area contributed by atoms with Crippen LogP contribution in [0.25, 0.3) is 0 Å². The van der Waals surface area contributed by atoms with Gasteiger partial charge in [-0.05, 0) is 37.5 Å². The van der Waals surface area contributed by atoms with E-state index >= 15 is 0 Å².